The summed E-state index contributed by atoms with van der Waals surface area (Å²) >= 11 is 1.89. The summed E-state index contributed by atoms with van der Waals surface area (Å²) in [5.74, 6) is 2.80. The minimum Gasteiger partial charge on any atom is -0.289 e. The van der Waals surface area contributed by atoms with Crippen LogP contribution in [0, 0.1) is 0 Å². The second-order valence-corrected chi connectivity index (χ2v) is 6.31. The van der Waals surface area contributed by atoms with Crippen molar-refractivity contribution in [3.05, 3.63) is 66.4 Å². The van der Waals surface area contributed by atoms with E-state index in [0.29, 0.717) is 0 Å². The maximum atomic E-state index is 12.7. The predicted molar refractivity (Wildman–Crippen MR) is 92.9 cm³/mol. The molecule has 0 spiro atoms. The average molecular weight is 310 g/mol. The lowest BCUT2D eigenvalue weighted by Gasteiger charge is -2.26. The fourth-order valence-electron chi connectivity index (χ4n) is 2.51. The van der Waals surface area contributed by atoms with E-state index in [-0.39, 0.29) is 11.9 Å². The van der Waals surface area contributed by atoms with Crippen molar-refractivity contribution in [1.82, 2.24) is 4.98 Å². The molecule has 0 bridgehead atoms. The maximum absolute atomic E-state index is 12.7. The number of thioether (sulfide) groups is 1. The van der Waals surface area contributed by atoms with Gasteiger partial charge in [-0.05, 0) is 35.9 Å². The molecule has 0 saturated carbocycles. The summed E-state index contributed by atoms with van der Waals surface area (Å²) in [5, 5.41) is 0. The van der Waals surface area contributed by atoms with Crippen LogP contribution >= 0.6 is 11.8 Å². The van der Waals surface area contributed by atoms with Gasteiger partial charge in [-0.15, -0.1) is 0 Å². The smallest absolute Gasteiger partial charge is 0.252 e. The van der Waals surface area contributed by atoms with Gasteiger partial charge in [0.05, 0.1) is 0 Å². The van der Waals surface area contributed by atoms with Gasteiger partial charge in [0.1, 0.15) is 5.82 Å². The highest BCUT2D eigenvalue weighted by Gasteiger charge is 2.27. The van der Waals surface area contributed by atoms with Crippen molar-refractivity contribution in [2.45, 2.75) is 12.5 Å². The van der Waals surface area contributed by atoms with Crippen molar-refractivity contribution in [3.8, 4) is 0 Å². The van der Waals surface area contributed by atoms with Crippen molar-refractivity contribution in [2.24, 2.45) is 0 Å². The van der Waals surface area contributed by atoms with Gasteiger partial charge in [0.2, 0.25) is 0 Å². The van der Waals surface area contributed by atoms with E-state index in [4.69, 9.17) is 0 Å². The van der Waals surface area contributed by atoms with Crippen molar-refractivity contribution < 1.29 is 4.79 Å². The number of carbonyl (C=O) groups is 1. The molecule has 4 heteroatoms. The molecule has 0 aliphatic carbocycles. The van der Waals surface area contributed by atoms with Gasteiger partial charge in [0, 0.05) is 24.1 Å². The summed E-state index contributed by atoms with van der Waals surface area (Å²) < 4.78 is 0. The van der Waals surface area contributed by atoms with E-state index in [1.54, 1.807) is 12.3 Å². The van der Waals surface area contributed by atoms with Crippen LogP contribution in [0.15, 0.2) is 60.8 Å². The van der Waals surface area contributed by atoms with Gasteiger partial charge in [-0.1, -0.05) is 36.4 Å². The van der Waals surface area contributed by atoms with E-state index >= 15 is 0 Å². The Balaban J connectivity index is 1.82. The van der Waals surface area contributed by atoms with Crippen LogP contribution in [0.1, 0.15) is 12.0 Å². The third-order valence-corrected chi connectivity index (χ3v) is 4.77. The molecular formula is C18H18N2OS. The molecule has 2 heterocycles. The fraction of sp³-hybridized carbons (Fsp3) is 0.222. The monoisotopic (exact) mass is 310 g/mol. The zero-order chi connectivity index (χ0) is 15.2. The van der Waals surface area contributed by atoms with E-state index < -0.39 is 0 Å². The van der Waals surface area contributed by atoms with Crippen LogP contribution < -0.4 is 4.90 Å². The van der Waals surface area contributed by atoms with Crippen LogP contribution in [0.2, 0.25) is 0 Å². The second kappa shape index (κ2) is 7.27. The fourth-order valence-corrected chi connectivity index (χ4v) is 3.71. The first-order valence-electron chi connectivity index (χ1n) is 7.40. The number of amides is 1. The molecule has 2 aromatic rings. The highest BCUT2D eigenvalue weighted by molar-refractivity contribution is 7.99. The van der Waals surface area contributed by atoms with Crippen LogP contribution in [0.4, 0.5) is 5.82 Å². The summed E-state index contributed by atoms with van der Waals surface area (Å²) in [5.41, 5.74) is 1.03. The maximum Gasteiger partial charge on any atom is 0.252 e. The van der Waals surface area contributed by atoms with Crippen LogP contribution in [0.5, 0.6) is 0 Å². The van der Waals surface area contributed by atoms with Gasteiger partial charge >= 0.3 is 0 Å². The van der Waals surface area contributed by atoms with Crippen LogP contribution in [-0.2, 0) is 4.79 Å². The Kier molecular flexibility index (Phi) is 4.91. The molecule has 1 aliphatic rings. The molecule has 1 unspecified atom stereocenters. The molecule has 1 fully saturated rings. The van der Waals surface area contributed by atoms with Crippen LogP contribution in [0.3, 0.4) is 0 Å². The van der Waals surface area contributed by atoms with Gasteiger partial charge in [0.25, 0.3) is 5.91 Å². The second-order valence-electron chi connectivity index (χ2n) is 5.16. The Morgan fingerprint density at radius 1 is 1.18 bits per heavy atom. The number of rotatable bonds is 4. The van der Waals surface area contributed by atoms with E-state index in [9.17, 15) is 4.79 Å². The first-order valence-corrected chi connectivity index (χ1v) is 8.55. The molecule has 1 amide bonds. The minimum atomic E-state index is -0.00458. The lowest BCUT2D eigenvalue weighted by molar-refractivity contribution is -0.114. The Hall–Kier alpha value is -2.07. The van der Waals surface area contributed by atoms with E-state index in [0.717, 1.165) is 29.3 Å². The largest absolute Gasteiger partial charge is 0.289 e. The lowest BCUT2D eigenvalue weighted by Crippen LogP contribution is -2.40. The van der Waals surface area contributed by atoms with Crippen molar-refractivity contribution in [2.75, 3.05) is 16.4 Å². The quantitative estimate of drug-likeness (QED) is 0.809. The minimum absolute atomic E-state index is 0.00458. The number of pyridine rings is 1. The van der Waals surface area contributed by atoms with Crippen LogP contribution in [-0.4, -0.2) is 28.4 Å². The van der Waals surface area contributed by atoms with Crippen molar-refractivity contribution in [1.29, 1.82) is 0 Å². The Bertz CT molecular complexity index is 637. The average Bonchev–Trinajstić information content (AvgIpc) is 3.09. The first kappa shape index (κ1) is 14.9. The number of carbonyl (C=O) groups excluding carboxylic acids is 1. The number of benzene rings is 1. The van der Waals surface area contributed by atoms with E-state index in [1.807, 2.05) is 71.3 Å². The van der Waals surface area contributed by atoms with E-state index in [1.165, 1.54) is 0 Å². The number of hydrogen-bond acceptors (Lipinski definition) is 3. The molecule has 3 rings (SSSR count). The van der Waals surface area contributed by atoms with Gasteiger partial charge in [0.15, 0.2) is 0 Å². The van der Waals surface area contributed by atoms with E-state index in [2.05, 4.69) is 4.98 Å². The summed E-state index contributed by atoms with van der Waals surface area (Å²) in [6.07, 6.45) is 6.26. The zero-order valence-electron chi connectivity index (χ0n) is 12.3. The normalized spacial score (nSPS) is 17.7. The molecule has 0 N–H and O–H groups in total. The number of anilines is 1. The highest BCUT2D eigenvalue weighted by Crippen LogP contribution is 2.26. The Morgan fingerprint density at radius 3 is 2.68 bits per heavy atom. The molecular weight excluding hydrogens is 292 g/mol. The molecule has 0 radical (unpaired) electrons. The molecule has 1 atom stereocenters. The first-order chi connectivity index (χ1) is 10.8. The van der Waals surface area contributed by atoms with Crippen molar-refractivity contribution >= 4 is 29.6 Å². The lowest BCUT2D eigenvalue weighted by atomic mass is 10.2. The molecule has 1 saturated heterocycles. The Morgan fingerprint density at radius 2 is 2.00 bits per heavy atom. The van der Waals surface area contributed by atoms with Crippen molar-refractivity contribution in [3.63, 3.8) is 0 Å². The molecule has 1 aliphatic heterocycles. The highest BCUT2D eigenvalue weighted by atomic mass is 32.2. The van der Waals surface area contributed by atoms with Crippen LogP contribution in [0.25, 0.3) is 6.08 Å². The molecule has 3 nitrogen and oxygen atoms in total. The number of aromatic nitrogens is 1. The third kappa shape index (κ3) is 3.57. The standard InChI is InChI=1S/C18H18N2OS/c21-18(10-9-15-6-2-1-3-7-15)20(16-11-13-22-14-16)17-8-4-5-12-19-17/h1-10,12,16H,11,13-14H2/b10-9+. The predicted octanol–water partition coefficient (Wildman–Crippen LogP) is 3.63. The SMILES string of the molecule is O=C(/C=C/c1ccccc1)N(c1ccccn1)C1CCSC1. The van der Waals surface area contributed by atoms with Gasteiger partial charge in [-0.3, -0.25) is 9.69 Å². The van der Waals surface area contributed by atoms with Gasteiger partial charge in [-0.25, -0.2) is 4.98 Å². The zero-order valence-corrected chi connectivity index (χ0v) is 13.1. The summed E-state index contributed by atoms with van der Waals surface area (Å²) in [6.45, 7) is 0. The van der Waals surface area contributed by atoms with Gasteiger partial charge in [-0.2, -0.15) is 11.8 Å². The summed E-state index contributed by atoms with van der Waals surface area (Å²) in [7, 11) is 0. The molecule has 22 heavy (non-hydrogen) atoms. The Labute approximate surface area is 135 Å². The molecule has 1 aromatic carbocycles. The van der Waals surface area contributed by atoms with Gasteiger partial charge < -0.3 is 0 Å². The molecule has 112 valence electrons. The number of hydrogen-bond donors (Lipinski definition) is 0. The summed E-state index contributed by atoms with van der Waals surface area (Å²) in [4.78, 5) is 18.9. The number of nitrogens with zero attached hydrogens (tertiary/aromatic N) is 2. The summed E-state index contributed by atoms with van der Waals surface area (Å²) in [6, 6.07) is 15.8. The third-order valence-electron chi connectivity index (χ3n) is 3.62. The molecule has 1 aromatic heterocycles. The topological polar surface area (TPSA) is 33.2 Å².